The van der Waals surface area contributed by atoms with Gasteiger partial charge in [0.05, 0.1) is 18.7 Å². The van der Waals surface area contributed by atoms with Gasteiger partial charge in [0.1, 0.15) is 12.3 Å². The first-order chi connectivity index (χ1) is 16.3. The number of halogens is 2. The van der Waals surface area contributed by atoms with Crippen molar-refractivity contribution in [1.82, 2.24) is 20.0 Å². The lowest BCUT2D eigenvalue weighted by Crippen LogP contribution is -2.16. The van der Waals surface area contributed by atoms with Crippen molar-refractivity contribution in [3.8, 4) is 0 Å². The van der Waals surface area contributed by atoms with E-state index in [0.29, 0.717) is 41.8 Å². The van der Waals surface area contributed by atoms with E-state index in [2.05, 4.69) is 31.8 Å². The largest absolute Gasteiger partial charge is 0.466 e. The molecule has 1 aromatic heterocycles. The number of nitrogens with zero attached hydrogens (tertiary/aromatic N) is 3. The molecule has 0 saturated carbocycles. The van der Waals surface area contributed by atoms with Crippen molar-refractivity contribution in [2.45, 2.75) is 39.5 Å². The van der Waals surface area contributed by atoms with E-state index in [1.165, 1.54) is 0 Å². The highest BCUT2D eigenvalue weighted by molar-refractivity contribution is 6.34. The van der Waals surface area contributed by atoms with E-state index >= 15 is 0 Å². The number of carbonyl (C=O) groups excluding carboxylic acids is 3. The topological polar surface area (TPSA) is 103 Å². The molecule has 0 amide bonds. The summed E-state index contributed by atoms with van der Waals surface area (Å²) >= 11 is 11.4. The van der Waals surface area contributed by atoms with Crippen LogP contribution in [0.2, 0.25) is 10.0 Å². The Balaban J connectivity index is 0.000000260. The van der Waals surface area contributed by atoms with Gasteiger partial charge in [-0.2, -0.15) is 5.10 Å². The van der Waals surface area contributed by atoms with Crippen LogP contribution in [0, 0.1) is 0 Å². The molecular formula is C23H32Cl2N4O5. The summed E-state index contributed by atoms with van der Waals surface area (Å²) in [6.07, 6.45) is 2.37. The highest BCUT2D eigenvalue weighted by Crippen LogP contribution is 2.19. The molecule has 2 aromatic rings. The first kappa shape index (κ1) is 29.6. The Morgan fingerprint density at radius 2 is 1.88 bits per heavy atom. The SMILES string of the molecule is CCOC(=O)CCNC.CN1CCCn2nc(C=O)cc2C1.O=COCc1cc(Cl)cc(Cl)c1. The van der Waals surface area contributed by atoms with Crippen LogP contribution in [0.3, 0.4) is 0 Å². The molecule has 0 aliphatic carbocycles. The van der Waals surface area contributed by atoms with E-state index in [1.54, 1.807) is 32.2 Å². The minimum absolute atomic E-state index is 0.133. The third-order valence-corrected chi connectivity index (χ3v) is 4.91. The van der Waals surface area contributed by atoms with Crippen LogP contribution in [0.5, 0.6) is 0 Å². The molecule has 9 nitrogen and oxygen atoms in total. The molecule has 3 rings (SSSR count). The maximum absolute atomic E-state index is 10.5. The summed E-state index contributed by atoms with van der Waals surface area (Å²) in [7, 11) is 3.89. The Bertz CT molecular complexity index is 887. The molecule has 1 aromatic carbocycles. The third kappa shape index (κ3) is 12.1. The monoisotopic (exact) mass is 514 g/mol. The van der Waals surface area contributed by atoms with Gasteiger partial charge in [0, 0.05) is 36.2 Å². The summed E-state index contributed by atoms with van der Waals surface area (Å²) in [4.78, 5) is 33.1. The standard InChI is InChI=1S/C9H13N3O.C8H6Cl2O2.C6H13NO2/c1-11-3-2-4-12-9(6-11)5-8(7-13)10-12;9-7-1-6(4-12-5-11)2-8(10)3-7;1-3-9-6(8)4-5-7-2/h5,7H,2-4,6H2,1H3;1-3,5H,4H2;7H,3-5H2,1-2H3. The predicted molar refractivity (Wildman–Crippen MR) is 131 cm³/mol. The van der Waals surface area contributed by atoms with Crippen LogP contribution >= 0.6 is 23.2 Å². The molecule has 188 valence electrons. The molecule has 1 aliphatic heterocycles. The van der Waals surface area contributed by atoms with E-state index in [1.807, 2.05) is 10.7 Å². The van der Waals surface area contributed by atoms with Crippen molar-refractivity contribution in [1.29, 1.82) is 0 Å². The van der Waals surface area contributed by atoms with Gasteiger partial charge in [-0.15, -0.1) is 0 Å². The van der Waals surface area contributed by atoms with Gasteiger partial charge in [0.2, 0.25) is 0 Å². The fraction of sp³-hybridized carbons (Fsp3) is 0.478. The zero-order valence-corrected chi connectivity index (χ0v) is 21.3. The molecule has 0 spiro atoms. The number of aryl methyl sites for hydroxylation is 1. The summed E-state index contributed by atoms with van der Waals surface area (Å²) in [5.74, 6) is -0.133. The zero-order valence-electron chi connectivity index (χ0n) is 19.8. The fourth-order valence-corrected chi connectivity index (χ4v) is 3.56. The quantitative estimate of drug-likeness (QED) is 0.422. The molecule has 0 radical (unpaired) electrons. The second-order valence-corrected chi connectivity index (χ2v) is 8.21. The van der Waals surface area contributed by atoms with Gasteiger partial charge in [0.25, 0.3) is 6.47 Å². The minimum atomic E-state index is -0.133. The Morgan fingerprint density at radius 3 is 2.47 bits per heavy atom. The van der Waals surface area contributed by atoms with Gasteiger partial charge in [-0.25, -0.2) is 0 Å². The van der Waals surface area contributed by atoms with Crippen molar-refractivity contribution in [2.75, 3.05) is 33.8 Å². The van der Waals surface area contributed by atoms with Crippen molar-refractivity contribution in [3.63, 3.8) is 0 Å². The van der Waals surface area contributed by atoms with Crippen molar-refractivity contribution in [2.24, 2.45) is 0 Å². The molecule has 0 bridgehead atoms. The first-order valence-electron chi connectivity index (χ1n) is 10.8. The maximum atomic E-state index is 10.5. The average Bonchev–Trinajstić information content (AvgIpc) is 3.09. The van der Waals surface area contributed by atoms with E-state index in [-0.39, 0.29) is 12.6 Å². The second kappa shape index (κ2) is 17.0. The van der Waals surface area contributed by atoms with Crippen LogP contribution in [-0.2, 0) is 38.8 Å². The number of aldehydes is 1. The molecular weight excluding hydrogens is 483 g/mol. The van der Waals surface area contributed by atoms with E-state index in [9.17, 15) is 14.4 Å². The highest BCUT2D eigenvalue weighted by Gasteiger charge is 2.13. The van der Waals surface area contributed by atoms with Crippen LogP contribution in [0.15, 0.2) is 24.3 Å². The molecule has 1 aliphatic rings. The van der Waals surface area contributed by atoms with Crippen LogP contribution in [-0.4, -0.2) is 67.2 Å². The summed E-state index contributed by atoms with van der Waals surface area (Å²) in [6.45, 7) is 6.46. The normalized spacial score (nSPS) is 12.6. The number of rotatable bonds is 8. The lowest BCUT2D eigenvalue weighted by atomic mass is 10.2. The minimum Gasteiger partial charge on any atom is -0.466 e. The number of hydrogen-bond acceptors (Lipinski definition) is 8. The summed E-state index contributed by atoms with van der Waals surface area (Å²) in [6, 6.07) is 6.87. The van der Waals surface area contributed by atoms with Crippen LogP contribution in [0.4, 0.5) is 0 Å². The summed E-state index contributed by atoms with van der Waals surface area (Å²) < 4.78 is 11.1. The molecule has 0 fully saturated rings. The van der Waals surface area contributed by atoms with Crippen LogP contribution in [0.1, 0.15) is 41.5 Å². The first-order valence-corrected chi connectivity index (χ1v) is 11.6. The van der Waals surface area contributed by atoms with E-state index in [0.717, 1.165) is 43.6 Å². The van der Waals surface area contributed by atoms with Crippen LogP contribution in [0.25, 0.3) is 0 Å². The lowest BCUT2D eigenvalue weighted by molar-refractivity contribution is -0.143. The number of ether oxygens (including phenoxy) is 2. The number of hydrogen-bond donors (Lipinski definition) is 1. The molecule has 34 heavy (non-hydrogen) atoms. The number of carbonyl (C=O) groups is 3. The molecule has 1 N–H and O–H groups in total. The summed E-state index contributed by atoms with van der Waals surface area (Å²) in [5, 5.41) is 8.11. The van der Waals surface area contributed by atoms with E-state index < -0.39 is 0 Å². The third-order valence-electron chi connectivity index (χ3n) is 4.47. The van der Waals surface area contributed by atoms with E-state index in [4.69, 9.17) is 23.2 Å². The predicted octanol–water partition coefficient (Wildman–Crippen LogP) is 3.36. The number of esters is 1. The molecule has 11 heteroatoms. The van der Waals surface area contributed by atoms with Gasteiger partial charge < -0.3 is 19.7 Å². The molecule has 0 unspecified atom stereocenters. The summed E-state index contributed by atoms with van der Waals surface area (Å²) in [5.41, 5.74) is 2.46. The van der Waals surface area contributed by atoms with Crippen molar-refractivity contribution < 1.29 is 23.9 Å². The lowest BCUT2D eigenvalue weighted by Gasteiger charge is -2.10. The highest BCUT2D eigenvalue weighted by atomic mass is 35.5. The Morgan fingerprint density at radius 1 is 1.18 bits per heavy atom. The van der Waals surface area contributed by atoms with Gasteiger partial charge in [-0.1, -0.05) is 23.2 Å². The second-order valence-electron chi connectivity index (χ2n) is 7.34. The Kier molecular flexibility index (Phi) is 14.8. The number of aromatic nitrogens is 2. The maximum Gasteiger partial charge on any atom is 0.307 e. The smallest absolute Gasteiger partial charge is 0.307 e. The Labute approximate surface area is 210 Å². The Hall–Kier alpha value is -2.46. The van der Waals surface area contributed by atoms with Gasteiger partial charge >= 0.3 is 5.97 Å². The van der Waals surface area contributed by atoms with Gasteiger partial charge in [0.15, 0.2) is 6.29 Å². The van der Waals surface area contributed by atoms with Crippen molar-refractivity contribution >= 4 is 41.9 Å². The van der Waals surface area contributed by atoms with Gasteiger partial charge in [-0.05, 0) is 57.3 Å². The van der Waals surface area contributed by atoms with Crippen molar-refractivity contribution in [3.05, 3.63) is 51.3 Å². The number of nitrogens with one attached hydrogen (secondary N) is 1. The molecule has 0 atom stereocenters. The van der Waals surface area contributed by atoms with Gasteiger partial charge in [-0.3, -0.25) is 19.1 Å². The fourth-order valence-electron chi connectivity index (χ4n) is 2.99. The molecule has 2 heterocycles. The zero-order chi connectivity index (χ0) is 25.3. The average molecular weight is 515 g/mol. The number of fused-ring (bicyclic) bond motifs is 1. The molecule has 0 saturated heterocycles. The van der Waals surface area contributed by atoms with Crippen LogP contribution < -0.4 is 5.32 Å². The number of benzene rings is 1.